The van der Waals surface area contributed by atoms with Gasteiger partial charge in [0.25, 0.3) is 0 Å². The number of benzene rings is 2. The van der Waals surface area contributed by atoms with E-state index in [-0.39, 0.29) is 0 Å². The van der Waals surface area contributed by atoms with Crippen LogP contribution >= 0.6 is 28.1 Å². The van der Waals surface area contributed by atoms with Gasteiger partial charge in [-0.05, 0) is 47.2 Å². The highest BCUT2D eigenvalue weighted by molar-refractivity contribution is 9.10. The third-order valence-corrected chi connectivity index (χ3v) is 3.78. The molecule has 0 bridgehead atoms. The molecule has 21 heavy (non-hydrogen) atoms. The number of nitrogens with one attached hydrogen (secondary N) is 1. The zero-order chi connectivity index (χ0) is 14.8. The Morgan fingerprint density at radius 2 is 1.81 bits per heavy atom. The number of hydrogen-bond donors (Lipinski definition) is 2. The Balaban J connectivity index is 1.92. The van der Waals surface area contributed by atoms with Crippen LogP contribution in [0.5, 0.6) is 0 Å². The fourth-order valence-electron chi connectivity index (χ4n) is 2.08. The lowest BCUT2D eigenvalue weighted by Gasteiger charge is -2.08. The number of pyridine rings is 1. The van der Waals surface area contributed by atoms with E-state index >= 15 is 0 Å². The quantitative estimate of drug-likeness (QED) is 0.683. The lowest BCUT2D eigenvalue weighted by molar-refractivity contribution is 1.28. The molecule has 104 valence electrons. The molecule has 0 unspecified atom stereocenters. The summed E-state index contributed by atoms with van der Waals surface area (Å²) in [4.78, 5) is 4.67. The molecule has 1 aromatic heterocycles. The number of rotatable bonds is 3. The maximum absolute atomic E-state index is 5.60. The molecule has 0 fully saturated rings. The molecule has 0 amide bonds. The largest absolute Gasteiger partial charge is 0.388 e. The Hall–Kier alpha value is -1.98. The van der Waals surface area contributed by atoms with E-state index in [1.54, 1.807) is 6.07 Å². The first-order chi connectivity index (χ1) is 10.1. The van der Waals surface area contributed by atoms with Crippen molar-refractivity contribution in [3.05, 3.63) is 64.8 Å². The van der Waals surface area contributed by atoms with Gasteiger partial charge in [0.1, 0.15) is 10.8 Å². The van der Waals surface area contributed by atoms with Crippen molar-refractivity contribution in [1.82, 2.24) is 4.98 Å². The summed E-state index contributed by atoms with van der Waals surface area (Å²) in [6.07, 6.45) is 0. The zero-order valence-electron chi connectivity index (χ0n) is 11.0. The molecular formula is C16H12BrN3S. The number of hydrogen-bond acceptors (Lipinski definition) is 3. The average molecular weight is 358 g/mol. The predicted molar refractivity (Wildman–Crippen MR) is 95.1 cm³/mol. The second-order valence-electron chi connectivity index (χ2n) is 4.60. The van der Waals surface area contributed by atoms with E-state index < -0.39 is 0 Å². The first kappa shape index (κ1) is 14.0. The van der Waals surface area contributed by atoms with Crippen molar-refractivity contribution in [3.63, 3.8) is 0 Å². The van der Waals surface area contributed by atoms with Gasteiger partial charge >= 0.3 is 0 Å². The second kappa shape index (κ2) is 5.79. The summed E-state index contributed by atoms with van der Waals surface area (Å²) >= 11 is 8.42. The smallest absolute Gasteiger partial charge is 0.131 e. The lowest BCUT2D eigenvalue weighted by atomic mass is 10.1. The minimum atomic E-state index is 0.294. The van der Waals surface area contributed by atoms with Crippen LogP contribution in [0, 0.1) is 0 Å². The van der Waals surface area contributed by atoms with Crippen molar-refractivity contribution >= 4 is 55.4 Å². The van der Waals surface area contributed by atoms with Crippen LogP contribution in [0.3, 0.4) is 0 Å². The highest BCUT2D eigenvalue weighted by Gasteiger charge is 2.02. The summed E-state index contributed by atoms with van der Waals surface area (Å²) in [5.74, 6) is 0.719. The van der Waals surface area contributed by atoms with E-state index in [0.717, 1.165) is 21.4 Å². The molecule has 0 spiro atoms. The number of thiocarbonyl (C=S) groups is 1. The SMILES string of the molecule is NC(=S)c1cccc(Nc2ccc3cc(Br)ccc3c2)n1. The maximum atomic E-state index is 5.60. The molecule has 1 heterocycles. The van der Waals surface area contributed by atoms with Crippen LogP contribution in [-0.4, -0.2) is 9.97 Å². The zero-order valence-corrected chi connectivity index (χ0v) is 13.4. The van der Waals surface area contributed by atoms with Gasteiger partial charge in [-0.1, -0.05) is 46.3 Å². The summed E-state index contributed by atoms with van der Waals surface area (Å²) in [6.45, 7) is 0. The number of aromatic nitrogens is 1. The van der Waals surface area contributed by atoms with Gasteiger partial charge in [-0.15, -0.1) is 0 Å². The fourth-order valence-corrected chi connectivity index (χ4v) is 2.58. The Morgan fingerprint density at radius 3 is 2.62 bits per heavy atom. The van der Waals surface area contributed by atoms with Crippen LogP contribution < -0.4 is 11.1 Å². The van der Waals surface area contributed by atoms with Crippen molar-refractivity contribution in [1.29, 1.82) is 0 Å². The van der Waals surface area contributed by atoms with E-state index in [9.17, 15) is 0 Å². The van der Waals surface area contributed by atoms with Gasteiger partial charge < -0.3 is 11.1 Å². The van der Waals surface area contributed by atoms with Gasteiger partial charge in [-0.2, -0.15) is 0 Å². The van der Waals surface area contributed by atoms with Crippen molar-refractivity contribution in [3.8, 4) is 0 Å². The van der Waals surface area contributed by atoms with Crippen molar-refractivity contribution in [2.75, 3.05) is 5.32 Å². The Bertz CT molecular complexity index is 833. The van der Waals surface area contributed by atoms with Crippen LogP contribution in [0.4, 0.5) is 11.5 Å². The van der Waals surface area contributed by atoms with Gasteiger partial charge in [0.15, 0.2) is 0 Å². The van der Waals surface area contributed by atoms with E-state index in [1.165, 1.54) is 5.39 Å². The van der Waals surface area contributed by atoms with Crippen molar-refractivity contribution in [2.45, 2.75) is 0 Å². The molecule has 0 radical (unpaired) electrons. The molecule has 5 heteroatoms. The molecule has 3 N–H and O–H groups in total. The van der Waals surface area contributed by atoms with Gasteiger partial charge in [-0.3, -0.25) is 0 Å². The monoisotopic (exact) mass is 357 g/mol. The van der Waals surface area contributed by atoms with Crippen molar-refractivity contribution < 1.29 is 0 Å². The van der Waals surface area contributed by atoms with E-state index in [2.05, 4.69) is 50.5 Å². The fraction of sp³-hybridized carbons (Fsp3) is 0. The molecule has 3 rings (SSSR count). The summed E-state index contributed by atoms with van der Waals surface area (Å²) in [5.41, 5.74) is 7.18. The minimum absolute atomic E-state index is 0.294. The van der Waals surface area contributed by atoms with Crippen LogP contribution in [-0.2, 0) is 0 Å². The maximum Gasteiger partial charge on any atom is 0.131 e. The van der Waals surface area contributed by atoms with Gasteiger partial charge in [0.2, 0.25) is 0 Å². The first-order valence-corrected chi connectivity index (χ1v) is 7.55. The molecule has 3 aromatic rings. The first-order valence-electron chi connectivity index (χ1n) is 6.35. The minimum Gasteiger partial charge on any atom is -0.388 e. The average Bonchev–Trinajstić information content (AvgIpc) is 2.48. The molecule has 0 saturated heterocycles. The molecule has 0 aliphatic carbocycles. The Kier molecular flexibility index (Phi) is 3.86. The second-order valence-corrected chi connectivity index (χ2v) is 5.96. The molecule has 0 aliphatic heterocycles. The van der Waals surface area contributed by atoms with E-state index in [4.69, 9.17) is 18.0 Å². The summed E-state index contributed by atoms with van der Waals surface area (Å²) in [7, 11) is 0. The molecule has 0 aliphatic rings. The number of nitrogens with two attached hydrogens (primary N) is 1. The number of fused-ring (bicyclic) bond motifs is 1. The molecule has 0 atom stereocenters. The van der Waals surface area contributed by atoms with Gasteiger partial charge in [-0.25, -0.2) is 4.98 Å². The summed E-state index contributed by atoms with van der Waals surface area (Å²) < 4.78 is 1.07. The van der Waals surface area contributed by atoms with Crippen molar-refractivity contribution in [2.24, 2.45) is 5.73 Å². The van der Waals surface area contributed by atoms with Crippen LogP contribution in [0.15, 0.2) is 59.1 Å². The Morgan fingerprint density at radius 1 is 1.05 bits per heavy atom. The van der Waals surface area contributed by atoms with Gasteiger partial charge in [0, 0.05) is 10.2 Å². The van der Waals surface area contributed by atoms with Crippen LogP contribution in [0.2, 0.25) is 0 Å². The summed E-state index contributed by atoms with van der Waals surface area (Å²) in [5, 5.41) is 5.61. The highest BCUT2D eigenvalue weighted by atomic mass is 79.9. The normalized spacial score (nSPS) is 10.5. The third-order valence-electron chi connectivity index (χ3n) is 3.08. The number of nitrogens with zero attached hydrogens (tertiary/aromatic N) is 1. The third kappa shape index (κ3) is 3.20. The topological polar surface area (TPSA) is 50.9 Å². The molecule has 2 aromatic carbocycles. The lowest BCUT2D eigenvalue weighted by Crippen LogP contribution is -2.12. The number of halogens is 1. The van der Waals surface area contributed by atoms with Crippen LogP contribution in [0.1, 0.15) is 5.69 Å². The van der Waals surface area contributed by atoms with E-state index in [0.29, 0.717) is 10.7 Å². The molecular weight excluding hydrogens is 346 g/mol. The van der Waals surface area contributed by atoms with Crippen LogP contribution in [0.25, 0.3) is 10.8 Å². The number of anilines is 2. The highest BCUT2D eigenvalue weighted by Crippen LogP contribution is 2.24. The predicted octanol–water partition coefficient (Wildman–Crippen LogP) is 4.38. The standard InChI is InChI=1S/C16H12BrN3S/c17-12-6-4-11-9-13(7-5-10(11)8-12)19-15-3-1-2-14(20-15)16(18)21/h1-9H,(H2,18,21)(H,19,20). The Labute approximate surface area is 136 Å². The van der Waals surface area contributed by atoms with Gasteiger partial charge in [0.05, 0.1) is 5.69 Å². The van der Waals surface area contributed by atoms with E-state index in [1.807, 2.05) is 24.3 Å². The summed E-state index contributed by atoms with van der Waals surface area (Å²) in [6, 6.07) is 17.9. The molecule has 3 nitrogen and oxygen atoms in total. The molecule has 0 saturated carbocycles.